The lowest BCUT2D eigenvalue weighted by atomic mass is 9.90. The van der Waals surface area contributed by atoms with Gasteiger partial charge in [-0.3, -0.25) is 4.90 Å². The van der Waals surface area contributed by atoms with Gasteiger partial charge in [0.1, 0.15) is 0 Å². The van der Waals surface area contributed by atoms with Crippen molar-refractivity contribution < 1.29 is 14.6 Å². The molecule has 1 aliphatic carbocycles. The van der Waals surface area contributed by atoms with Crippen molar-refractivity contribution in [3.63, 3.8) is 0 Å². The minimum Gasteiger partial charge on any atom is -0.465 e. The highest BCUT2D eigenvalue weighted by Gasteiger charge is 2.26. The molecule has 0 spiro atoms. The number of hydrogen-bond acceptors (Lipinski definition) is 5. The summed E-state index contributed by atoms with van der Waals surface area (Å²) < 4.78 is 4.81. The number of carbonyl (C=O) groups excluding carboxylic acids is 1. The van der Waals surface area contributed by atoms with Gasteiger partial charge in [0.05, 0.1) is 19.3 Å². The van der Waals surface area contributed by atoms with Gasteiger partial charge in [0.2, 0.25) is 0 Å². The first-order valence-electron chi connectivity index (χ1n) is 6.98. The van der Waals surface area contributed by atoms with E-state index in [1.54, 1.807) is 6.07 Å². The van der Waals surface area contributed by atoms with Crippen molar-refractivity contribution >= 4 is 11.7 Å². The summed E-state index contributed by atoms with van der Waals surface area (Å²) in [5.74, 6) is -0.407. The SMILES string of the molecule is COC(=O)c1c(N)cccc1CN(CCO)C1CCC1. The summed E-state index contributed by atoms with van der Waals surface area (Å²) in [6.45, 7) is 1.34. The number of nitrogens with zero attached hydrogens (tertiary/aromatic N) is 1. The quantitative estimate of drug-likeness (QED) is 0.607. The van der Waals surface area contributed by atoms with Gasteiger partial charge >= 0.3 is 5.97 Å². The van der Waals surface area contributed by atoms with E-state index < -0.39 is 5.97 Å². The minimum absolute atomic E-state index is 0.117. The number of aliphatic hydroxyl groups excluding tert-OH is 1. The van der Waals surface area contributed by atoms with E-state index in [1.807, 2.05) is 12.1 Å². The number of benzene rings is 1. The number of ether oxygens (including phenoxy) is 1. The van der Waals surface area contributed by atoms with Crippen LogP contribution in [0.15, 0.2) is 18.2 Å². The maximum atomic E-state index is 11.9. The van der Waals surface area contributed by atoms with Crippen LogP contribution in [0.3, 0.4) is 0 Å². The molecule has 0 heterocycles. The molecular formula is C15H22N2O3. The fourth-order valence-corrected chi connectivity index (χ4v) is 2.59. The molecular weight excluding hydrogens is 256 g/mol. The third kappa shape index (κ3) is 3.11. The van der Waals surface area contributed by atoms with Crippen LogP contribution in [0, 0.1) is 0 Å². The molecule has 1 fully saturated rings. The second-order valence-corrected chi connectivity index (χ2v) is 5.15. The van der Waals surface area contributed by atoms with Gasteiger partial charge < -0.3 is 15.6 Å². The molecule has 0 amide bonds. The van der Waals surface area contributed by atoms with Crippen molar-refractivity contribution in [3.05, 3.63) is 29.3 Å². The largest absolute Gasteiger partial charge is 0.465 e. The van der Waals surface area contributed by atoms with Crippen LogP contribution in [0.1, 0.15) is 35.2 Å². The van der Waals surface area contributed by atoms with Gasteiger partial charge in [-0.2, -0.15) is 0 Å². The Morgan fingerprint density at radius 3 is 2.80 bits per heavy atom. The molecule has 0 saturated heterocycles. The van der Waals surface area contributed by atoms with Crippen molar-refractivity contribution in [1.82, 2.24) is 4.90 Å². The molecule has 3 N–H and O–H groups in total. The average Bonchev–Trinajstić information content (AvgIpc) is 2.36. The molecule has 2 rings (SSSR count). The van der Waals surface area contributed by atoms with E-state index in [2.05, 4.69) is 4.90 Å². The van der Waals surface area contributed by atoms with E-state index in [0.29, 0.717) is 30.4 Å². The molecule has 0 aliphatic heterocycles. The summed E-state index contributed by atoms with van der Waals surface area (Å²) in [4.78, 5) is 14.1. The molecule has 0 unspecified atom stereocenters. The van der Waals surface area contributed by atoms with Crippen molar-refractivity contribution in [2.45, 2.75) is 31.8 Å². The number of aliphatic hydroxyl groups is 1. The first-order chi connectivity index (χ1) is 9.67. The summed E-state index contributed by atoms with van der Waals surface area (Å²) >= 11 is 0. The number of methoxy groups -OCH3 is 1. The van der Waals surface area contributed by atoms with Crippen LogP contribution < -0.4 is 5.73 Å². The van der Waals surface area contributed by atoms with Crippen molar-refractivity contribution in [3.8, 4) is 0 Å². The maximum Gasteiger partial charge on any atom is 0.340 e. The van der Waals surface area contributed by atoms with E-state index >= 15 is 0 Å². The van der Waals surface area contributed by atoms with Gasteiger partial charge in [-0.1, -0.05) is 18.6 Å². The minimum atomic E-state index is -0.407. The molecule has 1 aromatic rings. The van der Waals surface area contributed by atoms with Crippen molar-refractivity contribution in [2.24, 2.45) is 0 Å². The first-order valence-corrected chi connectivity index (χ1v) is 6.98. The third-order valence-corrected chi connectivity index (χ3v) is 3.92. The van der Waals surface area contributed by atoms with Gasteiger partial charge in [-0.25, -0.2) is 4.79 Å². The Morgan fingerprint density at radius 2 is 2.25 bits per heavy atom. The second kappa shape index (κ2) is 6.72. The first kappa shape index (κ1) is 14.8. The maximum absolute atomic E-state index is 11.9. The molecule has 5 heteroatoms. The van der Waals surface area contributed by atoms with Gasteiger partial charge in [0.15, 0.2) is 0 Å². The highest BCUT2D eigenvalue weighted by molar-refractivity contribution is 5.96. The van der Waals surface area contributed by atoms with Crippen LogP contribution >= 0.6 is 0 Å². The fraction of sp³-hybridized carbons (Fsp3) is 0.533. The van der Waals surface area contributed by atoms with Crippen LogP contribution in [-0.4, -0.2) is 42.3 Å². The summed E-state index contributed by atoms with van der Waals surface area (Å²) in [5.41, 5.74) is 7.64. The number of anilines is 1. The molecule has 0 atom stereocenters. The van der Waals surface area contributed by atoms with Crippen LogP contribution in [0.2, 0.25) is 0 Å². The van der Waals surface area contributed by atoms with E-state index in [1.165, 1.54) is 13.5 Å². The topological polar surface area (TPSA) is 75.8 Å². The molecule has 0 radical (unpaired) electrons. The zero-order valence-electron chi connectivity index (χ0n) is 11.8. The number of hydrogen-bond donors (Lipinski definition) is 2. The van der Waals surface area contributed by atoms with Crippen LogP contribution in [0.25, 0.3) is 0 Å². The average molecular weight is 278 g/mol. The lowest BCUT2D eigenvalue weighted by Crippen LogP contribution is -2.41. The molecule has 1 saturated carbocycles. The summed E-state index contributed by atoms with van der Waals surface area (Å²) in [7, 11) is 1.36. The summed E-state index contributed by atoms with van der Waals surface area (Å²) in [6.07, 6.45) is 3.53. The molecule has 1 aromatic carbocycles. The van der Waals surface area contributed by atoms with Crippen molar-refractivity contribution in [1.29, 1.82) is 0 Å². The highest BCUT2D eigenvalue weighted by Crippen LogP contribution is 2.27. The predicted molar refractivity (Wildman–Crippen MR) is 77.3 cm³/mol. The number of rotatable bonds is 6. The van der Waals surface area contributed by atoms with E-state index in [9.17, 15) is 9.90 Å². The van der Waals surface area contributed by atoms with Crippen molar-refractivity contribution in [2.75, 3.05) is 26.0 Å². The second-order valence-electron chi connectivity index (χ2n) is 5.15. The highest BCUT2D eigenvalue weighted by atomic mass is 16.5. The number of nitrogens with two attached hydrogens (primary N) is 1. The Bertz CT molecular complexity index is 472. The van der Waals surface area contributed by atoms with Gasteiger partial charge in [0, 0.05) is 24.8 Å². The molecule has 0 aromatic heterocycles. The molecule has 1 aliphatic rings. The molecule has 5 nitrogen and oxygen atoms in total. The van der Waals surface area contributed by atoms with Gasteiger partial charge in [-0.15, -0.1) is 0 Å². The molecule has 110 valence electrons. The zero-order chi connectivity index (χ0) is 14.5. The zero-order valence-corrected chi connectivity index (χ0v) is 11.8. The van der Waals surface area contributed by atoms with Crippen LogP contribution in [0.4, 0.5) is 5.69 Å². The Morgan fingerprint density at radius 1 is 1.50 bits per heavy atom. The fourth-order valence-electron chi connectivity index (χ4n) is 2.59. The van der Waals surface area contributed by atoms with E-state index in [0.717, 1.165) is 18.4 Å². The molecule has 0 bridgehead atoms. The lowest BCUT2D eigenvalue weighted by Gasteiger charge is -2.37. The third-order valence-electron chi connectivity index (χ3n) is 3.92. The number of carbonyl (C=O) groups is 1. The Labute approximate surface area is 119 Å². The lowest BCUT2D eigenvalue weighted by molar-refractivity contribution is 0.0595. The predicted octanol–water partition coefficient (Wildman–Crippen LogP) is 1.40. The smallest absolute Gasteiger partial charge is 0.340 e. The van der Waals surface area contributed by atoms with E-state index in [-0.39, 0.29) is 6.61 Å². The monoisotopic (exact) mass is 278 g/mol. The van der Waals surface area contributed by atoms with Crippen LogP contribution in [-0.2, 0) is 11.3 Å². The van der Waals surface area contributed by atoms with Gasteiger partial charge in [0.25, 0.3) is 0 Å². The summed E-state index contributed by atoms with van der Waals surface area (Å²) in [5, 5.41) is 9.20. The standard InChI is InChI=1S/C15H22N2O3/c1-20-15(19)14-11(4-2-7-13(14)16)10-17(8-9-18)12-5-3-6-12/h2,4,7,12,18H,3,5-6,8-10,16H2,1H3. The van der Waals surface area contributed by atoms with E-state index in [4.69, 9.17) is 10.5 Å². The normalized spacial score (nSPS) is 15.2. The Kier molecular flexibility index (Phi) is 4.98. The Hall–Kier alpha value is -1.59. The summed E-state index contributed by atoms with van der Waals surface area (Å²) in [6, 6.07) is 5.94. The number of nitrogen functional groups attached to an aromatic ring is 1. The molecule has 20 heavy (non-hydrogen) atoms. The van der Waals surface area contributed by atoms with Crippen LogP contribution in [0.5, 0.6) is 0 Å². The Balaban J connectivity index is 2.22. The number of esters is 1. The van der Waals surface area contributed by atoms with Gasteiger partial charge in [-0.05, 0) is 24.5 Å².